The number of benzene rings is 10. The summed E-state index contributed by atoms with van der Waals surface area (Å²) < 4.78 is 26.3. The highest BCUT2D eigenvalue weighted by Gasteiger charge is 2.33. The lowest BCUT2D eigenvalue weighted by atomic mass is 9.78. The molecule has 0 aromatic heterocycles. The maximum absolute atomic E-state index is 15.2. The molecule has 6 heteroatoms. The van der Waals surface area contributed by atoms with Crippen molar-refractivity contribution in [2.75, 3.05) is 13.2 Å². The topological polar surface area (TPSA) is 71.1 Å². The Balaban J connectivity index is 1.29. The molecule has 378 valence electrons. The molecule has 0 heterocycles. The minimum absolute atomic E-state index is 0.319. The smallest absolute Gasteiger partial charge is 0.343 e. The van der Waals surface area contributed by atoms with Crippen molar-refractivity contribution in [1.82, 2.24) is 0 Å². The number of carbonyl (C=O) groups excluding carboxylic acids is 2. The standard InChI is InChI=1S/C70H62O6/c1-3-5-7-25-47-73-55-43-39-53(40-44-55)69(71)75-67-59-37-23-21-35-57(59)61(49-27-13-9-14-28-49)63(51-31-17-11-18-32-51)65(67)66-64(52-33-19-12-20-34-52)62(50-29-15-10-16-30-50)58-36-22-24-38-60(58)68(66)76-70(72)54-41-45-56(46-42-54)74-48-26-8-6-4-2/h9-24,27-46H,3-8,25-26,47-48H2,1-2H3. The third-order valence-corrected chi connectivity index (χ3v) is 13.9. The highest BCUT2D eigenvalue weighted by molar-refractivity contribution is 6.21. The van der Waals surface area contributed by atoms with Gasteiger partial charge in [-0.05, 0) is 106 Å². The van der Waals surface area contributed by atoms with Gasteiger partial charge in [-0.15, -0.1) is 0 Å². The third-order valence-electron chi connectivity index (χ3n) is 13.9. The fraction of sp³-hybridized carbons (Fsp3) is 0.171. The van der Waals surface area contributed by atoms with Crippen LogP contribution in [-0.4, -0.2) is 25.2 Å². The van der Waals surface area contributed by atoms with Crippen molar-refractivity contribution in [3.63, 3.8) is 0 Å². The molecule has 0 atom stereocenters. The van der Waals surface area contributed by atoms with Crippen LogP contribution >= 0.6 is 0 Å². The van der Waals surface area contributed by atoms with Crippen LogP contribution < -0.4 is 18.9 Å². The first kappa shape index (κ1) is 50.8. The van der Waals surface area contributed by atoms with Gasteiger partial charge in [0.05, 0.1) is 24.3 Å². The van der Waals surface area contributed by atoms with Crippen molar-refractivity contribution in [1.29, 1.82) is 0 Å². The quantitative estimate of drug-likeness (QED) is 0.0406. The summed E-state index contributed by atoms with van der Waals surface area (Å²) in [6.07, 6.45) is 8.74. The van der Waals surface area contributed by atoms with E-state index in [0.29, 0.717) is 69.2 Å². The second-order valence-corrected chi connectivity index (χ2v) is 19.1. The van der Waals surface area contributed by atoms with Gasteiger partial charge in [-0.3, -0.25) is 0 Å². The lowest BCUT2D eigenvalue weighted by molar-refractivity contribution is 0.0725. The van der Waals surface area contributed by atoms with E-state index in [1.54, 1.807) is 24.3 Å². The summed E-state index contributed by atoms with van der Waals surface area (Å²) in [6, 6.07) is 71.7. The maximum atomic E-state index is 15.2. The molecule has 0 fully saturated rings. The first-order chi connectivity index (χ1) is 37.5. The second-order valence-electron chi connectivity index (χ2n) is 19.1. The minimum atomic E-state index is -0.552. The van der Waals surface area contributed by atoms with Crippen LogP contribution in [0.1, 0.15) is 85.9 Å². The van der Waals surface area contributed by atoms with Crippen LogP contribution in [-0.2, 0) is 0 Å². The van der Waals surface area contributed by atoms with Crippen molar-refractivity contribution in [2.24, 2.45) is 0 Å². The summed E-state index contributed by atoms with van der Waals surface area (Å²) in [7, 11) is 0. The molecule has 0 aliphatic carbocycles. The molecule has 0 aliphatic heterocycles. The van der Waals surface area contributed by atoms with E-state index in [4.69, 9.17) is 18.9 Å². The van der Waals surface area contributed by atoms with Crippen molar-refractivity contribution >= 4 is 33.5 Å². The maximum Gasteiger partial charge on any atom is 0.343 e. The van der Waals surface area contributed by atoms with Gasteiger partial charge in [0, 0.05) is 33.0 Å². The lowest BCUT2D eigenvalue weighted by Gasteiger charge is -2.28. The fourth-order valence-electron chi connectivity index (χ4n) is 10.2. The van der Waals surface area contributed by atoms with Crippen LogP contribution in [0.2, 0.25) is 0 Å². The normalized spacial score (nSPS) is 11.1. The van der Waals surface area contributed by atoms with E-state index in [1.165, 1.54) is 0 Å². The van der Waals surface area contributed by atoms with Crippen molar-refractivity contribution in [3.05, 3.63) is 230 Å². The molecule has 0 saturated carbocycles. The number of carbonyl (C=O) groups is 2. The van der Waals surface area contributed by atoms with Crippen LogP contribution in [0.3, 0.4) is 0 Å². The third kappa shape index (κ3) is 11.2. The molecule has 0 bridgehead atoms. The van der Waals surface area contributed by atoms with E-state index >= 15 is 9.59 Å². The fourth-order valence-corrected chi connectivity index (χ4v) is 10.2. The molecule has 0 N–H and O–H groups in total. The molecule has 0 spiro atoms. The lowest BCUT2D eigenvalue weighted by Crippen LogP contribution is -2.13. The van der Waals surface area contributed by atoms with E-state index in [-0.39, 0.29) is 0 Å². The van der Waals surface area contributed by atoms with Crippen LogP contribution in [0.15, 0.2) is 218 Å². The summed E-state index contributed by atoms with van der Waals surface area (Å²) in [5.41, 5.74) is 8.97. The summed E-state index contributed by atoms with van der Waals surface area (Å²) >= 11 is 0. The van der Waals surface area contributed by atoms with Crippen LogP contribution in [0, 0.1) is 0 Å². The zero-order valence-corrected chi connectivity index (χ0v) is 43.3. The number of unbranched alkanes of at least 4 members (excludes halogenated alkanes) is 6. The molecule has 76 heavy (non-hydrogen) atoms. The largest absolute Gasteiger partial charge is 0.494 e. The molecule has 10 aromatic carbocycles. The predicted octanol–water partition coefficient (Wildman–Crippen LogP) is 18.7. The van der Waals surface area contributed by atoms with Gasteiger partial charge < -0.3 is 18.9 Å². The number of rotatable bonds is 21. The average molecular weight is 999 g/mol. The van der Waals surface area contributed by atoms with Crippen molar-refractivity contribution < 1.29 is 28.5 Å². The van der Waals surface area contributed by atoms with E-state index < -0.39 is 11.9 Å². The van der Waals surface area contributed by atoms with Gasteiger partial charge in [-0.2, -0.15) is 0 Å². The van der Waals surface area contributed by atoms with Crippen molar-refractivity contribution in [3.8, 4) is 78.6 Å². The monoisotopic (exact) mass is 998 g/mol. The Labute approximate surface area is 446 Å². The van der Waals surface area contributed by atoms with Gasteiger partial charge in [-0.25, -0.2) is 9.59 Å². The Morgan fingerprint density at radius 1 is 0.303 bits per heavy atom. The number of esters is 2. The molecule has 10 aromatic rings. The second kappa shape index (κ2) is 24.5. The Morgan fingerprint density at radius 3 is 0.934 bits per heavy atom. The molecule has 6 nitrogen and oxygen atoms in total. The summed E-state index contributed by atoms with van der Waals surface area (Å²) in [5.74, 6) is 0.906. The number of hydrogen-bond donors (Lipinski definition) is 0. The van der Waals surface area contributed by atoms with E-state index in [0.717, 1.165) is 107 Å². The summed E-state index contributed by atoms with van der Waals surface area (Å²) in [6.45, 7) is 5.58. The van der Waals surface area contributed by atoms with E-state index in [1.807, 2.05) is 133 Å². The van der Waals surface area contributed by atoms with E-state index in [9.17, 15) is 0 Å². The Hall–Kier alpha value is -8.74. The zero-order chi connectivity index (χ0) is 52.1. The van der Waals surface area contributed by atoms with Crippen LogP contribution in [0.4, 0.5) is 0 Å². The van der Waals surface area contributed by atoms with Gasteiger partial charge in [0.15, 0.2) is 0 Å². The SMILES string of the molecule is CCCCCCOc1ccc(C(=O)Oc2c(-c3c(-c4ccccc4)c(-c4ccccc4)c4ccccc4c3OC(=O)c3ccc(OCCCCCC)cc3)c(-c3ccccc3)c(-c3ccccc3)c3ccccc23)cc1. The van der Waals surface area contributed by atoms with Crippen molar-refractivity contribution in [2.45, 2.75) is 65.2 Å². The zero-order valence-electron chi connectivity index (χ0n) is 43.3. The molecular weight excluding hydrogens is 937 g/mol. The Kier molecular flexibility index (Phi) is 16.4. The predicted molar refractivity (Wildman–Crippen MR) is 311 cm³/mol. The number of ether oxygens (including phenoxy) is 4. The first-order valence-electron chi connectivity index (χ1n) is 26.8. The molecule has 10 rings (SSSR count). The molecule has 0 aliphatic rings. The van der Waals surface area contributed by atoms with Gasteiger partial charge in [0.1, 0.15) is 23.0 Å². The van der Waals surface area contributed by atoms with Gasteiger partial charge in [-0.1, -0.05) is 222 Å². The number of fused-ring (bicyclic) bond motifs is 2. The van der Waals surface area contributed by atoms with Gasteiger partial charge in [0.25, 0.3) is 0 Å². The molecule has 0 unspecified atom stereocenters. The van der Waals surface area contributed by atoms with Crippen LogP contribution in [0.5, 0.6) is 23.0 Å². The molecular formula is C70H62O6. The Morgan fingerprint density at radius 2 is 0.605 bits per heavy atom. The minimum Gasteiger partial charge on any atom is -0.494 e. The molecule has 0 amide bonds. The first-order valence-corrected chi connectivity index (χ1v) is 26.8. The average Bonchev–Trinajstić information content (AvgIpc) is 3.65. The number of hydrogen-bond acceptors (Lipinski definition) is 6. The van der Waals surface area contributed by atoms with Crippen LogP contribution in [0.25, 0.3) is 77.2 Å². The van der Waals surface area contributed by atoms with Gasteiger partial charge in [0.2, 0.25) is 0 Å². The summed E-state index contributed by atoms with van der Waals surface area (Å²) in [4.78, 5) is 30.3. The van der Waals surface area contributed by atoms with E-state index in [2.05, 4.69) is 74.5 Å². The summed E-state index contributed by atoms with van der Waals surface area (Å²) in [5, 5.41) is 3.16. The Bertz CT molecular complexity index is 3320. The highest BCUT2D eigenvalue weighted by Crippen LogP contribution is 2.59. The highest BCUT2D eigenvalue weighted by atomic mass is 16.5. The molecule has 0 saturated heterocycles. The molecule has 0 radical (unpaired) electrons. The van der Waals surface area contributed by atoms with Gasteiger partial charge >= 0.3 is 11.9 Å².